The summed E-state index contributed by atoms with van der Waals surface area (Å²) < 4.78 is 21.1. The summed E-state index contributed by atoms with van der Waals surface area (Å²) in [6.45, 7) is 9.10. The van der Waals surface area contributed by atoms with Crippen LogP contribution in [0.5, 0.6) is 5.75 Å². The van der Waals surface area contributed by atoms with Crippen LogP contribution in [0.1, 0.15) is 49.2 Å². The van der Waals surface area contributed by atoms with Crippen LogP contribution in [0.2, 0.25) is 5.02 Å². The van der Waals surface area contributed by atoms with E-state index in [1.807, 2.05) is 19.9 Å². The van der Waals surface area contributed by atoms with Crippen LogP contribution in [0, 0.1) is 25.6 Å². The largest absolute Gasteiger partial charge is 0.485 e. The first-order chi connectivity index (χ1) is 17.0. The third-order valence-electron chi connectivity index (χ3n) is 5.84. The zero-order valence-corrected chi connectivity index (χ0v) is 21.5. The molecule has 3 aromatic heterocycles. The van der Waals surface area contributed by atoms with Crippen molar-refractivity contribution in [2.75, 3.05) is 6.54 Å². The Morgan fingerprint density at radius 1 is 1.31 bits per heavy atom. The number of pyridine rings is 2. The molecule has 8 nitrogen and oxygen atoms in total. The van der Waals surface area contributed by atoms with E-state index in [9.17, 15) is 14.3 Å². The third kappa shape index (κ3) is 5.08. The highest BCUT2D eigenvalue weighted by Gasteiger charge is 2.26. The van der Waals surface area contributed by atoms with Crippen molar-refractivity contribution in [2.24, 2.45) is 10.9 Å². The molecule has 0 spiro atoms. The SMILES string of the molecule is Cc1cnc(C(C)(C)O)nc1C1=NC[C@@H](C)C(n2c(C)cc(OCc3ncccc3F)c(Cl)c2=O)=C1. The fourth-order valence-electron chi connectivity index (χ4n) is 3.86. The van der Waals surface area contributed by atoms with E-state index in [2.05, 4.69) is 19.9 Å². The lowest BCUT2D eigenvalue weighted by Crippen LogP contribution is -2.29. The second-order valence-corrected chi connectivity index (χ2v) is 9.68. The van der Waals surface area contributed by atoms with Crippen LogP contribution in [0.3, 0.4) is 0 Å². The number of aromatic nitrogens is 4. The lowest BCUT2D eigenvalue weighted by Gasteiger charge is -2.24. The third-order valence-corrected chi connectivity index (χ3v) is 6.19. The van der Waals surface area contributed by atoms with Gasteiger partial charge in [0.2, 0.25) is 0 Å². The normalized spacial score (nSPS) is 15.9. The second kappa shape index (κ2) is 9.91. The number of hydrogen-bond acceptors (Lipinski definition) is 7. The number of aliphatic hydroxyl groups is 1. The van der Waals surface area contributed by atoms with Gasteiger partial charge >= 0.3 is 0 Å². The summed E-state index contributed by atoms with van der Waals surface area (Å²) >= 11 is 6.41. The van der Waals surface area contributed by atoms with Crippen molar-refractivity contribution < 1.29 is 14.2 Å². The number of allylic oxidation sites excluding steroid dienone is 1. The fraction of sp³-hybridized carbons (Fsp3) is 0.346. The maximum Gasteiger partial charge on any atom is 0.277 e. The number of ether oxygens (including phenoxy) is 1. The highest BCUT2D eigenvalue weighted by Crippen LogP contribution is 2.29. The molecule has 4 rings (SSSR count). The average molecular weight is 512 g/mol. The van der Waals surface area contributed by atoms with E-state index in [0.717, 1.165) is 5.56 Å². The minimum absolute atomic E-state index is 0.0773. The molecule has 0 saturated carbocycles. The Hall–Kier alpha value is -3.43. The molecule has 36 heavy (non-hydrogen) atoms. The van der Waals surface area contributed by atoms with Crippen molar-refractivity contribution in [2.45, 2.75) is 46.8 Å². The maximum absolute atomic E-state index is 13.9. The number of nitrogens with zero attached hydrogens (tertiary/aromatic N) is 5. The minimum Gasteiger partial charge on any atom is -0.485 e. The van der Waals surface area contributed by atoms with Gasteiger partial charge in [-0.2, -0.15) is 0 Å². The number of halogens is 2. The second-order valence-electron chi connectivity index (χ2n) is 9.31. The Balaban J connectivity index is 1.72. The van der Waals surface area contributed by atoms with Crippen molar-refractivity contribution >= 4 is 23.0 Å². The van der Waals surface area contributed by atoms with Crippen LogP contribution < -0.4 is 10.3 Å². The molecule has 0 fully saturated rings. The van der Waals surface area contributed by atoms with Gasteiger partial charge in [-0.1, -0.05) is 18.5 Å². The predicted molar refractivity (Wildman–Crippen MR) is 136 cm³/mol. The van der Waals surface area contributed by atoms with E-state index in [0.29, 0.717) is 29.3 Å². The van der Waals surface area contributed by atoms with Gasteiger partial charge in [0.1, 0.15) is 34.5 Å². The van der Waals surface area contributed by atoms with Crippen LogP contribution >= 0.6 is 11.6 Å². The van der Waals surface area contributed by atoms with Crippen LogP contribution in [0.25, 0.3) is 5.70 Å². The molecule has 0 bridgehead atoms. The van der Waals surface area contributed by atoms with E-state index in [4.69, 9.17) is 16.3 Å². The molecule has 1 aliphatic heterocycles. The van der Waals surface area contributed by atoms with Gasteiger partial charge in [0.15, 0.2) is 5.82 Å². The Morgan fingerprint density at radius 2 is 2.06 bits per heavy atom. The van der Waals surface area contributed by atoms with Gasteiger partial charge in [-0.15, -0.1) is 0 Å². The number of aliphatic imine (C=N–C) groups is 1. The Labute approximate surface area is 213 Å². The number of rotatable bonds is 6. The molecular formula is C26H27ClFN5O3. The number of dihydropyridines is 1. The summed E-state index contributed by atoms with van der Waals surface area (Å²) in [7, 11) is 0. The van der Waals surface area contributed by atoms with Gasteiger partial charge in [-0.3, -0.25) is 19.3 Å². The van der Waals surface area contributed by atoms with Crippen LogP contribution in [-0.4, -0.2) is 36.9 Å². The van der Waals surface area contributed by atoms with Gasteiger partial charge in [0.25, 0.3) is 5.56 Å². The summed E-state index contributed by atoms with van der Waals surface area (Å²) in [5.41, 5.74) is 1.70. The molecule has 0 aliphatic carbocycles. The van der Waals surface area contributed by atoms with Gasteiger partial charge < -0.3 is 9.84 Å². The predicted octanol–water partition coefficient (Wildman–Crippen LogP) is 4.23. The minimum atomic E-state index is -1.22. The summed E-state index contributed by atoms with van der Waals surface area (Å²) in [4.78, 5) is 30.8. The molecule has 4 heterocycles. The van der Waals surface area contributed by atoms with Crippen molar-refractivity contribution in [1.29, 1.82) is 0 Å². The van der Waals surface area contributed by atoms with E-state index in [-0.39, 0.29) is 34.8 Å². The zero-order valence-electron chi connectivity index (χ0n) is 20.7. The van der Waals surface area contributed by atoms with Crippen molar-refractivity contribution in [1.82, 2.24) is 19.5 Å². The van der Waals surface area contributed by atoms with E-state index in [1.54, 1.807) is 33.0 Å². The number of aryl methyl sites for hydroxylation is 2. The first-order valence-corrected chi connectivity index (χ1v) is 11.8. The van der Waals surface area contributed by atoms with Gasteiger partial charge in [-0.05, 0) is 51.5 Å². The Bertz CT molecular complexity index is 1440. The Kier molecular flexibility index (Phi) is 7.06. The molecule has 188 valence electrons. The molecule has 10 heteroatoms. The summed E-state index contributed by atoms with van der Waals surface area (Å²) in [5.74, 6) is -0.146. The zero-order chi connectivity index (χ0) is 26.2. The quantitative estimate of drug-likeness (QED) is 0.531. The summed E-state index contributed by atoms with van der Waals surface area (Å²) in [6.07, 6.45) is 4.92. The summed E-state index contributed by atoms with van der Waals surface area (Å²) in [6, 6.07) is 4.42. The van der Waals surface area contributed by atoms with Crippen molar-refractivity contribution in [3.05, 3.63) is 86.3 Å². The molecule has 1 N–H and O–H groups in total. The topological polar surface area (TPSA) is 102 Å². The van der Waals surface area contributed by atoms with Crippen molar-refractivity contribution in [3.8, 4) is 5.75 Å². The van der Waals surface area contributed by atoms with Crippen LogP contribution in [-0.2, 0) is 12.2 Å². The molecule has 3 aromatic rings. The van der Waals surface area contributed by atoms with Gasteiger partial charge in [0, 0.05) is 42.3 Å². The first-order valence-electron chi connectivity index (χ1n) is 11.4. The maximum atomic E-state index is 13.9. The molecule has 0 unspecified atom stereocenters. The molecule has 1 atom stereocenters. The van der Waals surface area contributed by atoms with E-state index < -0.39 is 17.0 Å². The van der Waals surface area contributed by atoms with E-state index in [1.165, 1.54) is 22.9 Å². The number of hydrogen-bond donors (Lipinski definition) is 1. The smallest absolute Gasteiger partial charge is 0.277 e. The molecule has 0 aromatic carbocycles. The van der Waals surface area contributed by atoms with Crippen molar-refractivity contribution in [3.63, 3.8) is 0 Å². The van der Waals surface area contributed by atoms with Gasteiger partial charge in [-0.25, -0.2) is 14.4 Å². The Morgan fingerprint density at radius 3 is 2.75 bits per heavy atom. The summed E-state index contributed by atoms with van der Waals surface area (Å²) in [5, 5.41) is 10.2. The fourth-order valence-corrected chi connectivity index (χ4v) is 4.05. The average Bonchev–Trinajstić information content (AvgIpc) is 2.82. The molecular weight excluding hydrogens is 485 g/mol. The highest BCUT2D eigenvalue weighted by atomic mass is 35.5. The first kappa shape index (κ1) is 25.7. The molecule has 0 radical (unpaired) electrons. The lowest BCUT2D eigenvalue weighted by molar-refractivity contribution is 0.0686. The molecule has 0 saturated heterocycles. The lowest BCUT2D eigenvalue weighted by atomic mass is 9.99. The highest BCUT2D eigenvalue weighted by molar-refractivity contribution is 6.31. The van der Waals surface area contributed by atoms with Crippen LogP contribution in [0.15, 0.2) is 46.5 Å². The van der Waals surface area contributed by atoms with Crippen LogP contribution in [0.4, 0.5) is 4.39 Å². The van der Waals surface area contributed by atoms with E-state index >= 15 is 0 Å². The van der Waals surface area contributed by atoms with Gasteiger partial charge in [0.05, 0.1) is 11.4 Å². The molecule has 1 aliphatic rings. The standard InChI is InChI=1S/C26H27ClFN5O3/c1-14-11-30-18(23-15(2)12-31-25(32-23)26(4,5)35)10-20(14)33-16(3)9-21(22(27)24(33)34)36-13-19-17(28)7-6-8-29-19/h6-10,12,14,35H,11,13H2,1-5H3/t14-/m1/s1. The monoisotopic (exact) mass is 511 g/mol. The molecule has 0 amide bonds.